The molecule has 0 saturated carbocycles. The second-order valence-corrected chi connectivity index (χ2v) is 9.36. The highest BCUT2D eigenvalue weighted by Gasteiger charge is 2.37. The Hall–Kier alpha value is -4.15. The van der Waals surface area contributed by atoms with Crippen LogP contribution in [0.25, 0.3) is 23.0 Å². The van der Waals surface area contributed by atoms with Crippen molar-refractivity contribution in [2.24, 2.45) is 0 Å². The van der Waals surface area contributed by atoms with Crippen LogP contribution in [0.5, 0.6) is 5.75 Å². The van der Waals surface area contributed by atoms with E-state index in [1.807, 2.05) is 55.6 Å². The molecule has 2 heterocycles. The predicted molar refractivity (Wildman–Crippen MR) is 143 cm³/mol. The van der Waals surface area contributed by atoms with Gasteiger partial charge in [-0.3, -0.25) is 14.5 Å². The van der Waals surface area contributed by atoms with Crippen LogP contribution in [-0.4, -0.2) is 39.1 Å². The molecule has 0 fully saturated rings. The molecule has 0 N–H and O–H groups in total. The largest absolute Gasteiger partial charge is 0.492 e. The third-order valence-corrected chi connectivity index (χ3v) is 6.31. The molecule has 8 heteroatoms. The van der Waals surface area contributed by atoms with Crippen LogP contribution in [0.2, 0.25) is 5.02 Å². The number of ether oxygens (including phenoxy) is 1. The van der Waals surface area contributed by atoms with Crippen LogP contribution in [0.4, 0.5) is 0 Å². The number of nitriles is 1. The van der Waals surface area contributed by atoms with Gasteiger partial charge in [0.15, 0.2) is 0 Å². The van der Waals surface area contributed by atoms with Crippen LogP contribution in [0, 0.1) is 11.3 Å². The molecular weight excluding hydrogens is 488 g/mol. The minimum absolute atomic E-state index is 0.0444. The number of para-hydroxylation sites is 1. The van der Waals surface area contributed by atoms with E-state index in [0.717, 1.165) is 22.6 Å². The summed E-state index contributed by atoms with van der Waals surface area (Å²) in [7, 11) is 0. The molecule has 37 heavy (non-hydrogen) atoms. The van der Waals surface area contributed by atoms with E-state index in [1.165, 1.54) is 0 Å². The number of imide groups is 1. The maximum atomic E-state index is 13.4. The highest BCUT2D eigenvalue weighted by Crippen LogP contribution is 2.35. The Balaban J connectivity index is 1.90. The fourth-order valence-corrected chi connectivity index (χ4v) is 4.37. The number of hydrogen-bond donors (Lipinski definition) is 0. The Labute approximate surface area is 221 Å². The second-order valence-electron chi connectivity index (χ2n) is 8.95. The zero-order valence-electron chi connectivity index (χ0n) is 21.2. The van der Waals surface area contributed by atoms with Gasteiger partial charge < -0.3 is 4.74 Å². The van der Waals surface area contributed by atoms with Crippen molar-refractivity contribution in [1.82, 2.24) is 14.7 Å². The SMILES string of the molecule is CCCOc1ccc(-c2nn(-c3ccccc3)cc2/C=C2/C(=O)N(C(C)C)C(=O)C(C#N)=C2C)cc1Cl. The summed E-state index contributed by atoms with van der Waals surface area (Å²) in [6.45, 7) is 7.68. The van der Waals surface area contributed by atoms with E-state index in [1.54, 1.807) is 43.7 Å². The first-order chi connectivity index (χ1) is 17.8. The first kappa shape index (κ1) is 25.9. The number of rotatable bonds is 7. The summed E-state index contributed by atoms with van der Waals surface area (Å²) < 4.78 is 7.43. The second kappa shape index (κ2) is 10.9. The molecule has 1 aromatic heterocycles. The van der Waals surface area contributed by atoms with E-state index in [4.69, 9.17) is 21.4 Å². The van der Waals surface area contributed by atoms with E-state index in [-0.39, 0.29) is 11.1 Å². The van der Waals surface area contributed by atoms with Gasteiger partial charge in [-0.25, -0.2) is 4.68 Å². The lowest BCUT2D eigenvalue weighted by Crippen LogP contribution is -2.46. The third kappa shape index (κ3) is 5.07. The molecule has 0 unspecified atom stereocenters. The first-order valence-electron chi connectivity index (χ1n) is 12.1. The number of carbonyl (C=O) groups excluding carboxylic acids is 2. The summed E-state index contributed by atoms with van der Waals surface area (Å²) in [4.78, 5) is 27.3. The Bertz CT molecular complexity index is 1460. The van der Waals surface area contributed by atoms with Gasteiger partial charge in [0, 0.05) is 28.9 Å². The number of benzene rings is 2. The third-order valence-electron chi connectivity index (χ3n) is 6.02. The molecule has 188 valence electrons. The zero-order valence-corrected chi connectivity index (χ0v) is 21.9. The van der Waals surface area contributed by atoms with Crippen LogP contribution in [0.15, 0.2) is 71.4 Å². The van der Waals surface area contributed by atoms with Crippen molar-refractivity contribution in [3.05, 3.63) is 82.0 Å². The van der Waals surface area contributed by atoms with E-state index < -0.39 is 17.9 Å². The molecule has 1 aliphatic rings. The normalized spacial score (nSPS) is 15.1. The van der Waals surface area contributed by atoms with E-state index in [9.17, 15) is 14.9 Å². The maximum absolute atomic E-state index is 13.4. The summed E-state index contributed by atoms with van der Waals surface area (Å²) in [5.74, 6) is -0.441. The van der Waals surface area contributed by atoms with Crippen molar-refractivity contribution in [1.29, 1.82) is 5.26 Å². The fourth-order valence-electron chi connectivity index (χ4n) is 4.13. The Kier molecular flexibility index (Phi) is 7.61. The minimum atomic E-state index is -0.577. The van der Waals surface area contributed by atoms with Crippen LogP contribution < -0.4 is 4.74 Å². The summed E-state index contributed by atoms with van der Waals surface area (Å²) in [5, 5.41) is 14.9. The number of amides is 2. The van der Waals surface area contributed by atoms with E-state index in [2.05, 4.69) is 0 Å². The van der Waals surface area contributed by atoms with Gasteiger partial charge >= 0.3 is 0 Å². The van der Waals surface area contributed by atoms with Crippen LogP contribution in [0.1, 0.15) is 39.7 Å². The molecule has 0 aliphatic carbocycles. The average Bonchev–Trinajstić information content (AvgIpc) is 3.30. The predicted octanol–water partition coefficient (Wildman–Crippen LogP) is 5.98. The van der Waals surface area contributed by atoms with Gasteiger partial charge in [-0.2, -0.15) is 10.4 Å². The summed E-state index contributed by atoms with van der Waals surface area (Å²) in [6, 6.07) is 16.6. The van der Waals surface area contributed by atoms with Gasteiger partial charge in [0.2, 0.25) is 0 Å². The Morgan fingerprint density at radius 2 is 1.86 bits per heavy atom. The monoisotopic (exact) mass is 514 g/mol. The number of hydrogen-bond acceptors (Lipinski definition) is 5. The van der Waals surface area contributed by atoms with Gasteiger partial charge in [0.25, 0.3) is 11.8 Å². The Morgan fingerprint density at radius 1 is 1.14 bits per heavy atom. The molecule has 0 atom stereocenters. The molecule has 1 aliphatic heterocycles. The highest BCUT2D eigenvalue weighted by molar-refractivity contribution is 6.32. The zero-order chi connectivity index (χ0) is 26.7. The van der Waals surface area contributed by atoms with Crippen molar-refractivity contribution >= 4 is 29.5 Å². The standard InChI is InChI=1S/C29H27ClN4O3/c1-5-13-37-26-12-11-20(15-25(26)30)27-21(17-33(32-27)22-9-7-6-8-10-22)14-23-19(4)24(16-31)29(36)34(18(2)3)28(23)35/h6-12,14-15,17-18H,5,13H2,1-4H3/b23-14+. The number of aromatic nitrogens is 2. The number of nitrogens with zero attached hydrogens (tertiary/aromatic N) is 4. The van der Waals surface area contributed by atoms with Crippen molar-refractivity contribution < 1.29 is 14.3 Å². The molecule has 0 radical (unpaired) electrons. The van der Waals surface area contributed by atoms with Gasteiger partial charge in [0.05, 0.1) is 17.3 Å². The molecule has 0 spiro atoms. The molecule has 0 saturated heterocycles. The highest BCUT2D eigenvalue weighted by atomic mass is 35.5. The van der Waals surface area contributed by atoms with Crippen molar-refractivity contribution in [2.75, 3.05) is 6.61 Å². The topological polar surface area (TPSA) is 88.2 Å². The lowest BCUT2D eigenvalue weighted by molar-refractivity contribution is -0.142. The van der Waals surface area contributed by atoms with Crippen LogP contribution >= 0.6 is 11.6 Å². The first-order valence-corrected chi connectivity index (χ1v) is 12.4. The van der Waals surface area contributed by atoms with Crippen LogP contribution in [0.3, 0.4) is 0 Å². The fraction of sp³-hybridized carbons (Fsp3) is 0.241. The quantitative estimate of drug-likeness (QED) is 0.286. The minimum Gasteiger partial charge on any atom is -0.492 e. The van der Waals surface area contributed by atoms with Crippen molar-refractivity contribution in [2.45, 2.75) is 40.2 Å². The molecule has 2 amide bonds. The van der Waals surface area contributed by atoms with Crippen LogP contribution in [-0.2, 0) is 9.59 Å². The van der Waals surface area contributed by atoms with Gasteiger partial charge in [0.1, 0.15) is 23.1 Å². The van der Waals surface area contributed by atoms with Crippen molar-refractivity contribution in [3.63, 3.8) is 0 Å². The van der Waals surface area contributed by atoms with Gasteiger partial charge in [-0.1, -0.05) is 36.7 Å². The average molecular weight is 515 g/mol. The van der Waals surface area contributed by atoms with Gasteiger partial charge in [-0.05, 0) is 69.2 Å². The maximum Gasteiger partial charge on any atom is 0.271 e. The summed E-state index contributed by atoms with van der Waals surface area (Å²) in [6.07, 6.45) is 4.36. The lowest BCUT2D eigenvalue weighted by atomic mass is 9.92. The smallest absolute Gasteiger partial charge is 0.271 e. The Morgan fingerprint density at radius 3 is 2.49 bits per heavy atom. The van der Waals surface area contributed by atoms with E-state index in [0.29, 0.717) is 34.2 Å². The summed E-state index contributed by atoms with van der Waals surface area (Å²) in [5.41, 5.74) is 3.37. The summed E-state index contributed by atoms with van der Waals surface area (Å²) >= 11 is 6.52. The molecular formula is C29H27ClN4O3. The molecule has 0 bridgehead atoms. The number of halogens is 1. The molecule has 4 rings (SSSR count). The molecule has 2 aromatic carbocycles. The van der Waals surface area contributed by atoms with Gasteiger partial charge in [-0.15, -0.1) is 0 Å². The molecule has 3 aromatic rings. The van der Waals surface area contributed by atoms with Crippen molar-refractivity contribution in [3.8, 4) is 28.8 Å². The number of carbonyl (C=O) groups is 2. The lowest BCUT2D eigenvalue weighted by Gasteiger charge is -2.30. The van der Waals surface area contributed by atoms with E-state index >= 15 is 0 Å². The molecule has 7 nitrogen and oxygen atoms in total.